The number of aromatic amines is 1. The predicted molar refractivity (Wildman–Crippen MR) is 112 cm³/mol. The Labute approximate surface area is 177 Å². The number of nitrogens with two attached hydrogens (primary N) is 1. The first-order chi connectivity index (χ1) is 14.4. The summed E-state index contributed by atoms with van der Waals surface area (Å²) in [4.78, 5) is 29.7. The number of halogens is 1. The maximum absolute atomic E-state index is 12.5. The van der Waals surface area contributed by atoms with E-state index in [1.165, 1.54) is 4.57 Å². The van der Waals surface area contributed by atoms with E-state index in [-0.39, 0.29) is 30.7 Å². The minimum atomic E-state index is -0.387. The molecule has 12 heteroatoms. The number of hydrogen-bond acceptors (Lipinski definition) is 9. The third-order valence-corrected chi connectivity index (χ3v) is 4.40. The normalized spacial score (nSPS) is 11.4. The van der Waals surface area contributed by atoms with Crippen molar-refractivity contribution in [2.24, 2.45) is 0 Å². The number of likely N-dealkylation sites (N-methyl/N-ethyl adjacent to an activating group) is 1. The molecule has 0 spiro atoms. The summed E-state index contributed by atoms with van der Waals surface area (Å²) in [5.74, 6) is 0.456. The summed E-state index contributed by atoms with van der Waals surface area (Å²) in [5.41, 5.74) is 6.92. The Morgan fingerprint density at radius 2 is 2.03 bits per heavy atom. The zero-order valence-corrected chi connectivity index (χ0v) is 17.8. The maximum atomic E-state index is 12.5. The number of rotatable bonds is 10. The summed E-state index contributed by atoms with van der Waals surface area (Å²) >= 11 is 6.29. The fourth-order valence-corrected chi connectivity index (χ4v) is 2.87. The van der Waals surface area contributed by atoms with Crippen LogP contribution >= 0.6 is 11.6 Å². The van der Waals surface area contributed by atoms with Crippen molar-refractivity contribution in [1.29, 1.82) is 0 Å². The molecule has 0 radical (unpaired) electrons. The van der Waals surface area contributed by atoms with Crippen molar-refractivity contribution >= 4 is 28.6 Å². The number of fused-ring (bicyclic) bond motifs is 1. The van der Waals surface area contributed by atoms with Crippen LogP contribution in [0.1, 0.15) is 5.56 Å². The van der Waals surface area contributed by atoms with Crippen molar-refractivity contribution in [2.45, 2.75) is 6.54 Å². The van der Waals surface area contributed by atoms with Crippen molar-refractivity contribution in [3.63, 3.8) is 0 Å². The number of pyridine rings is 1. The molecule has 3 rings (SSSR count). The predicted octanol–water partition coefficient (Wildman–Crippen LogP) is 0.764. The molecule has 0 aliphatic carbocycles. The summed E-state index contributed by atoms with van der Waals surface area (Å²) in [5, 5.41) is 0.358. The minimum absolute atomic E-state index is 0.0607. The molecular formula is C18H24ClN7O4. The summed E-state index contributed by atoms with van der Waals surface area (Å²) < 4.78 is 17.4. The van der Waals surface area contributed by atoms with E-state index < -0.39 is 0 Å². The Morgan fingerprint density at radius 3 is 2.73 bits per heavy atom. The van der Waals surface area contributed by atoms with Gasteiger partial charge in [-0.1, -0.05) is 11.6 Å². The minimum Gasteiger partial charge on any atom is -0.475 e. The second-order valence-corrected chi connectivity index (χ2v) is 7.14. The van der Waals surface area contributed by atoms with Gasteiger partial charge in [-0.3, -0.25) is 4.57 Å². The van der Waals surface area contributed by atoms with Gasteiger partial charge in [0.05, 0.1) is 13.2 Å². The molecule has 0 aliphatic heterocycles. The van der Waals surface area contributed by atoms with Gasteiger partial charge >= 0.3 is 11.7 Å². The van der Waals surface area contributed by atoms with E-state index in [9.17, 15) is 4.79 Å². The van der Waals surface area contributed by atoms with Crippen LogP contribution in [0.3, 0.4) is 0 Å². The molecule has 0 saturated heterocycles. The van der Waals surface area contributed by atoms with Gasteiger partial charge in [0, 0.05) is 19.9 Å². The molecule has 3 aromatic rings. The zero-order valence-electron chi connectivity index (χ0n) is 17.0. The van der Waals surface area contributed by atoms with Crippen LogP contribution in [-0.2, 0) is 11.3 Å². The molecule has 3 aromatic heterocycles. The van der Waals surface area contributed by atoms with Crippen LogP contribution in [0.2, 0.25) is 5.02 Å². The van der Waals surface area contributed by atoms with Crippen molar-refractivity contribution in [2.75, 3.05) is 53.3 Å². The van der Waals surface area contributed by atoms with E-state index >= 15 is 0 Å². The molecule has 0 unspecified atom stereocenters. The second kappa shape index (κ2) is 9.74. The van der Waals surface area contributed by atoms with Gasteiger partial charge in [0.15, 0.2) is 11.5 Å². The van der Waals surface area contributed by atoms with E-state index in [1.807, 2.05) is 19.0 Å². The van der Waals surface area contributed by atoms with Crippen molar-refractivity contribution in [3.05, 3.63) is 33.3 Å². The van der Waals surface area contributed by atoms with Crippen LogP contribution in [0.4, 0.5) is 5.82 Å². The van der Waals surface area contributed by atoms with E-state index in [2.05, 4.69) is 19.9 Å². The lowest BCUT2D eigenvalue weighted by Gasteiger charge is -2.12. The number of aromatic nitrogens is 5. The molecule has 0 saturated carbocycles. The van der Waals surface area contributed by atoms with Gasteiger partial charge < -0.3 is 29.8 Å². The van der Waals surface area contributed by atoms with Crippen LogP contribution in [0.5, 0.6) is 11.9 Å². The van der Waals surface area contributed by atoms with E-state index in [4.69, 9.17) is 31.5 Å². The monoisotopic (exact) mass is 437 g/mol. The van der Waals surface area contributed by atoms with Crippen molar-refractivity contribution < 1.29 is 14.2 Å². The van der Waals surface area contributed by atoms with Gasteiger partial charge in [-0.2, -0.15) is 9.97 Å². The fourth-order valence-electron chi connectivity index (χ4n) is 2.62. The molecule has 3 heterocycles. The highest BCUT2D eigenvalue weighted by Crippen LogP contribution is 2.24. The Bertz CT molecular complexity index is 1070. The number of nitrogen functional groups attached to an aromatic ring is 1. The number of nitrogens with zero attached hydrogens (tertiary/aromatic N) is 5. The van der Waals surface area contributed by atoms with Crippen LogP contribution in [-0.4, -0.2) is 77.0 Å². The number of imidazole rings is 1. The van der Waals surface area contributed by atoms with Gasteiger partial charge in [-0.15, -0.1) is 0 Å². The van der Waals surface area contributed by atoms with Crippen LogP contribution in [0, 0.1) is 0 Å². The number of H-pyrrole nitrogens is 1. The third-order valence-electron chi connectivity index (χ3n) is 4.13. The average molecular weight is 438 g/mol. The molecule has 0 aromatic carbocycles. The molecule has 0 bridgehead atoms. The standard InChI is InChI=1S/C18H24ClN7O4/c1-25(2)4-5-29-16-12(19)8-11(9-21-16)10-26-15-13(22-18(26)27)14(20)23-17(24-15)30-7-6-28-3/h8-9H,4-7,10H2,1-3H3,(H,22,27)(H2,20,23,24). The molecular weight excluding hydrogens is 414 g/mol. The molecule has 162 valence electrons. The van der Waals surface area contributed by atoms with Gasteiger partial charge in [0.25, 0.3) is 0 Å². The lowest BCUT2D eigenvalue weighted by Crippen LogP contribution is -2.20. The SMILES string of the molecule is COCCOc1nc(N)c2[nH]c(=O)n(Cc3cnc(OCCN(C)C)c(Cl)c3)c2n1. The van der Waals surface area contributed by atoms with Crippen molar-refractivity contribution in [1.82, 2.24) is 29.4 Å². The Balaban J connectivity index is 1.83. The van der Waals surface area contributed by atoms with Crippen LogP contribution in [0.25, 0.3) is 11.2 Å². The van der Waals surface area contributed by atoms with Crippen molar-refractivity contribution in [3.8, 4) is 11.9 Å². The third kappa shape index (κ3) is 5.17. The second-order valence-electron chi connectivity index (χ2n) is 6.73. The molecule has 3 N–H and O–H groups in total. The fraction of sp³-hybridized carbons (Fsp3) is 0.444. The summed E-state index contributed by atoms with van der Waals surface area (Å²) in [6.07, 6.45) is 1.60. The largest absolute Gasteiger partial charge is 0.475 e. The number of nitrogens with one attached hydrogen (secondary N) is 1. The van der Waals surface area contributed by atoms with Crippen LogP contribution < -0.4 is 20.9 Å². The molecule has 0 amide bonds. The topological polar surface area (TPSA) is 133 Å². The maximum Gasteiger partial charge on any atom is 0.328 e. The highest BCUT2D eigenvalue weighted by Gasteiger charge is 2.16. The zero-order chi connectivity index (χ0) is 21.7. The lowest BCUT2D eigenvalue weighted by molar-refractivity contribution is 0.141. The van der Waals surface area contributed by atoms with E-state index in [0.29, 0.717) is 40.8 Å². The molecule has 0 atom stereocenters. The van der Waals surface area contributed by atoms with Gasteiger partial charge in [0.1, 0.15) is 23.8 Å². The first-order valence-corrected chi connectivity index (χ1v) is 9.56. The number of anilines is 1. The first kappa shape index (κ1) is 21.8. The highest BCUT2D eigenvalue weighted by atomic mass is 35.5. The molecule has 0 aliphatic rings. The molecule has 11 nitrogen and oxygen atoms in total. The number of hydrogen-bond donors (Lipinski definition) is 2. The van der Waals surface area contributed by atoms with Gasteiger partial charge in [-0.25, -0.2) is 9.78 Å². The van der Waals surface area contributed by atoms with Crippen LogP contribution in [0.15, 0.2) is 17.1 Å². The number of methoxy groups -OCH3 is 1. The lowest BCUT2D eigenvalue weighted by atomic mass is 10.3. The molecule has 30 heavy (non-hydrogen) atoms. The van der Waals surface area contributed by atoms with E-state index in [0.717, 1.165) is 6.54 Å². The number of ether oxygens (including phenoxy) is 3. The highest BCUT2D eigenvalue weighted by molar-refractivity contribution is 6.31. The first-order valence-electron chi connectivity index (χ1n) is 9.18. The Hall–Kier alpha value is -2.89. The quantitative estimate of drug-likeness (QED) is 0.441. The summed E-state index contributed by atoms with van der Waals surface area (Å²) in [6, 6.07) is 1.76. The Morgan fingerprint density at radius 1 is 1.23 bits per heavy atom. The van der Waals surface area contributed by atoms with Gasteiger partial charge in [0.2, 0.25) is 5.88 Å². The van der Waals surface area contributed by atoms with Gasteiger partial charge in [-0.05, 0) is 25.7 Å². The van der Waals surface area contributed by atoms with E-state index in [1.54, 1.807) is 19.4 Å². The smallest absolute Gasteiger partial charge is 0.328 e. The molecule has 0 fully saturated rings. The average Bonchev–Trinajstić information content (AvgIpc) is 3.00. The summed E-state index contributed by atoms with van der Waals surface area (Å²) in [7, 11) is 5.46. The Kier molecular flexibility index (Phi) is 7.08. The summed E-state index contributed by atoms with van der Waals surface area (Å²) in [6.45, 7) is 2.00.